The summed E-state index contributed by atoms with van der Waals surface area (Å²) in [6, 6.07) is 0. The molecule has 1 saturated heterocycles. The molecule has 6 aliphatic rings. The third kappa shape index (κ3) is 4.46. The van der Waals surface area contributed by atoms with E-state index in [-0.39, 0.29) is 39.3 Å². The first kappa shape index (κ1) is 31.4. The van der Waals surface area contributed by atoms with Gasteiger partial charge >= 0.3 is 0 Å². The average molecular weight is 591 g/mol. The van der Waals surface area contributed by atoms with Crippen LogP contribution < -0.4 is 0 Å². The molecule has 5 fully saturated rings. The molecule has 42 heavy (non-hydrogen) atoms. The first-order valence-electron chi connectivity index (χ1n) is 16.8. The monoisotopic (exact) mass is 590 g/mol. The Bertz CT molecular complexity index is 1070. The maximum atomic E-state index is 11.4. The Balaban J connectivity index is 1.25. The van der Waals surface area contributed by atoms with E-state index in [2.05, 4.69) is 54.5 Å². The Kier molecular flexibility index (Phi) is 7.66. The van der Waals surface area contributed by atoms with Crippen LogP contribution in [0.25, 0.3) is 0 Å². The zero-order valence-corrected chi connectivity index (χ0v) is 27.1. The van der Waals surface area contributed by atoms with E-state index in [1.165, 1.54) is 19.3 Å². The summed E-state index contributed by atoms with van der Waals surface area (Å²) in [6.45, 7) is 16.3. The van der Waals surface area contributed by atoms with Gasteiger partial charge in [-0.25, -0.2) is 0 Å². The minimum atomic E-state index is -1.43. The van der Waals surface area contributed by atoms with E-state index in [0.717, 1.165) is 38.5 Å². The molecule has 7 heteroatoms. The lowest BCUT2D eigenvalue weighted by molar-refractivity contribution is -0.329. The normalized spacial score (nSPS) is 55.0. The summed E-state index contributed by atoms with van der Waals surface area (Å²) in [4.78, 5) is 0. The molecule has 0 aromatic heterocycles. The van der Waals surface area contributed by atoms with Crippen molar-refractivity contribution >= 4 is 0 Å². The van der Waals surface area contributed by atoms with Crippen molar-refractivity contribution < 1.29 is 35.0 Å². The number of aliphatic hydroxyl groups excluding tert-OH is 5. The van der Waals surface area contributed by atoms with Gasteiger partial charge in [0.15, 0.2) is 6.29 Å². The second-order valence-corrected chi connectivity index (χ2v) is 17.5. The number of hydrogen-bond acceptors (Lipinski definition) is 7. The topological polar surface area (TPSA) is 120 Å². The maximum Gasteiger partial charge on any atom is 0.186 e. The molecule has 5 N–H and O–H groups in total. The first-order chi connectivity index (χ1) is 19.5. The minimum absolute atomic E-state index is 0.00997. The quantitative estimate of drug-likeness (QED) is 0.241. The first-order valence-corrected chi connectivity index (χ1v) is 16.8. The average Bonchev–Trinajstić information content (AvgIpc) is 2.90. The minimum Gasteiger partial charge on any atom is -0.394 e. The van der Waals surface area contributed by atoms with Gasteiger partial charge in [0.25, 0.3) is 0 Å². The van der Waals surface area contributed by atoms with Crippen LogP contribution in [0.3, 0.4) is 0 Å². The molecule has 5 aliphatic carbocycles. The molecule has 4 saturated carbocycles. The largest absolute Gasteiger partial charge is 0.394 e. The van der Waals surface area contributed by atoms with E-state index < -0.39 is 37.3 Å². The number of allylic oxidation sites excluding steroid dienone is 2. The fourth-order valence-electron chi connectivity index (χ4n) is 11.9. The van der Waals surface area contributed by atoms with Crippen LogP contribution in [0.2, 0.25) is 0 Å². The SMILES string of the molecule is CC1(C)C[C@@H]2C3=CC[C@H]4[C@@](C)(CC[C@H]5C(C)(C)[C@@H](O[C@@H]6O[C@H](CO)[C@H](O)[C@H](O)[C@H]6O)CC[C@]45C)[C@@H]3CC[C@@]2(C)[C@@H](O)C1. The second-order valence-electron chi connectivity index (χ2n) is 17.5. The highest BCUT2D eigenvalue weighted by atomic mass is 16.7. The Morgan fingerprint density at radius 2 is 1.43 bits per heavy atom. The van der Waals surface area contributed by atoms with Crippen LogP contribution in [0, 0.1) is 50.7 Å². The molecule has 1 aliphatic heterocycles. The zero-order valence-electron chi connectivity index (χ0n) is 27.1. The lowest BCUT2D eigenvalue weighted by Crippen LogP contribution is -2.64. The molecule has 0 amide bonds. The number of fused-ring (bicyclic) bond motifs is 7. The van der Waals surface area contributed by atoms with Gasteiger partial charge in [-0.05, 0) is 103 Å². The number of aliphatic hydroxyl groups is 5. The van der Waals surface area contributed by atoms with Gasteiger partial charge in [0.2, 0.25) is 0 Å². The standard InChI is InChI=1S/C35H58O7/c1-31(2)16-21-19-8-9-24-33(5,20(19)10-13-34(21,6)25(37)17-31)14-11-23-32(3,4)26(12-15-35(23,24)7)42-30-29(40)28(39)27(38)22(18-36)41-30/h8,20-30,36-40H,9-18H2,1-7H3/t20-,21-,22-,23+,24+,25+,26+,27+,28+,29-,30+,33+,34-,35+/m1/s1. The van der Waals surface area contributed by atoms with E-state index >= 15 is 0 Å². The van der Waals surface area contributed by atoms with Gasteiger partial charge in [0.1, 0.15) is 24.4 Å². The van der Waals surface area contributed by atoms with Gasteiger partial charge in [0.05, 0.1) is 18.8 Å². The molecule has 1 heterocycles. The van der Waals surface area contributed by atoms with Crippen molar-refractivity contribution in [1.82, 2.24) is 0 Å². The molecule has 240 valence electrons. The summed E-state index contributed by atoms with van der Waals surface area (Å²) in [5.74, 6) is 2.07. The van der Waals surface area contributed by atoms with Crippen LogP contribution in [-0.2, 0) is 9.47 Å². The van der Waals surface area contributed by atoms with Crippen molar-refractivity contribution in [3.63, 3.8) is 0 Å². The molecule has 0 radical (unpaired) electrons. The summed E-state index contributed by atoms with van der Waals surface area (Å²) in [5.41, 5.74) is 2.03. The summed E-state index contributed by atoms with van der Waals surface area (Å²) in [6.07, 6.45) is 5.66. The molecule has 0 bridgehead atoms. The summed E-state index contributed by atoms with van der Waals surface area (Å²) < 4.78 is 12.2. The highest BCUT2D eigenvalue weighted by Gasteiger charge is 2.65. The Morgan fingerprint density at radius 3 is 2.12 bits per heavy atom. The molecule has 0 aromatic carbocycles. The van der Waals surface area contributed by atoms with Crippen molar-refractivity contribution in [1.29, 1.82) is 0 Å². The predicted octanol–water partition coefficient (Wildman–Crippen LogP) is 4.57. The molecular formula is C35H58O7. The third-order valence-electron chi connectivity index (χ3n) is 14.4. The van der Waals surface area contributed by atoms with E-state index in [1.807, 2.05) is 0 Å². The Hall–Kier alpha value is -0.540. The summed E-state index contributed by atoms with van der Waals surface area (Å²) in [5, 5.41) is 52.3. The van der Waals surface area contributed by atoms with Crippen LogP contribution in [0.5, 0.6) is 0 Å². The fourth-order valence-corrected chi connectivity index (χ4v) is 11.9. The Labute approximate surface area is 253 Å². The number of hydrogen-bond donors (Lipinski definition) is 5. The van der Waals surface area contributed by atoms with E-state index in [1.54, 1.807) is 5.57 Å². The molecule has 6 rings (SSSR count). The number of rotatable bonds is 3. The third-order valence-corrected chi connectivity index (χ3v) is 14.4. The van der Waals surface area contributed by atoms with Crippen LogP contribution in [-0.4, -0.2) is 75.1 Å². The molecule has 14 atom stereocenters. The van der Waals surface area contributed by atoms with Crippen molar-refractivity contribution in [3.05, 3.63) is 11.6 Å². The fraction of sp³-hybridized carbons (Fsp3) is 0.943. The second kappa shape index (κ2) is 10.2. The molecular weight excluding hydrogens is 532 g/mol. The van der Waals surface area contributed by atoms with E-state index in [4.69, 9.17) is 9.47 Å². The van der Waals surface area contributed by atoms with Crippen LogP contribution >= 0.6 is 0 Å². The van der Waals surface area contributed by atoms with Gasteiger partial charge in [-0.2, -0.15) is 0 Å². The summed E-state index contributed by atoms with van der Waals surface area (Å²) in [7, 11) is 0. The molecule has 0 unspecified atom stereocenters. The van der Waals surface area contributed by atoms with E-state index in [9.17, 15) is 25.5 Å². The maximum absolute atomic E-state index is 11.4. The summed E-state index contributed by atoms with van der Waals surface area (Å²) >= 11 is 0. The van der Waals surface area contributed by atoms with Gasteiger partial charge < -0.3 is 35.0 Å². The highest BCUT2D eigenvalue weighted by molar-refractivity contribution is 5.29. The highest BCUT2D eigenvalue weighted by Crippen LogP contribution is 2.72. The molecule has 0 spiro atoms. The van der Waals surface area contributed by atoms with Crippen molar-refractivity contribution in [2.45, 2.75) is 149 Å². The zero-order chi connectivity index (χ0) is 30.6. The van der Waals surface area contributed by atoms with Gasteiger partial charge in [-0.1, -0.05) is 60.1 Å². The van der Waals surface area contributed by atoms with Crippen LogP contribution in [0.1, 0.15) is 106 Å². The van der Waals surface area contributed by atoms with Crippen molar-refractivity contribution in [3.8, 4) is 0 Å². The van der Waals surface area contributed by atoms with Crippen LogP contribution in [0.15, 0.2) is 11.6 Å². The van der Waals surface area contributed by atoms with Gasteiger partial charge in [0, 0.05) is 5.41 Å². The molecule has 7 nitrogen and oxygen atoms in total. The van der Waals surface area contributed by atoms with Gasteiger partial charge in [-0.3, -0.25) is 0 Å². The lowest BCUT2D eigenvalue weighted by atomic mass is 9.37. The van der Waals surface area contributed by atoms with E-state index in [0.29, 0.717) is 23.7 Å². The van der Waals surface area contributed by atoms with Crippen molar-refractivity contribution in [2.24, 2.45) is 50.7 Å². The van der Waals surface area contributed by atoms with Gasteiger partial charge in [-0.15, -0.1) is 0 Å². The molecule has 0 aromatic rings. The van der Waals surface area contributed by atoms with Crippen molar-refractivity contribution in [2.75, 3.05) is 6.61 Å². The Morgan fingerprint density at radius 1 is 0.762 bits per heavy atom. The van der Waals surface area contributed by atoms with Crippen LogP contribution in [0.4, 0.5) is 0 Å². The predicted molar refractivity (Wildman–Crippen MR) is 160 cm³/mol. The number of ether oxygens (including phenoxy) is 2. The smallest absolute Gasteiger partial charge is 0.186 e. The lowest BCUT2D eigenvalue weighted by Gasteiger charge is -2.68.